The van der Waals surface area contributed by atoms with Crippen molar-refractivity contribution in [3.8, 4) is 5.75 Å². The van der Waals surface area contributed by atoms with Crippen LogP contribution in [0.15, 0.2) is 47.4 Å². The molecule has 1 fully saturated rings. The number of thiazole rings is 1. The van der Waals surface area contributed by atoms with Crippen LogP contribution in [0.2, 0.25) is 0 Å². The maximum absolute atomic E-state index is 12.7. The van der Waals surface area contributed by atoms with Gasteiger partial charge in [-0.25, -0.2) is 9.67 Å². The molecule has 1 saturated heterocycles. The van der Waals surface area contributed by atoms with E-state index in [1.165, 1.54) is 0 Å². The minimum atomic E-state index is -0.149. The largest absolute Gasteiger partial charge is 0.487 e. The van der Waals surface area contributed by atoms with E-state index in [0.717, 1.165) is 44.0 Å². The fourth-order valence-electron chi connectivity index (χ4n) is 3.54. The zero-order valence-corrected chi connectivity index (χ0v) is 17.3. The number of rotatable bonds is 7. The summed E-state index contributed by atoms with van der Waals surface area (Å²) < 4.78 is 7.66. The number of amides is 1. The minimum absolute atomic E-state index is 0.149. The van der Waals surface area contributed by atoms with Crippen molar-refractivity contribution >= 4 is 23.1 Å². The van der Waals surface area contributed by atoms with Gasteiger partial charge in [-0.3, -0.25) is 4.79 Å². The number of nitrogens with one attached hydrogen (secondary N) is 1. The van der Waals surface area contributed by atoms with E-state index in [9.17, 15) is 4.79 Å². The molecular weight excluding hydrogens is 386 g/mol. The molecule has 4 rings (SSSR count). The van der Waals surface area contributed by atoms with Crippen LogP contribution >= 0.6 is 11.3 Å². The molecule has 0 spiro atoms. The molecule has 1 aliphatic rings. The molecule has 0 unspecified atom stereocenters. The highest BCUT2D eigenvalue weighted by Gasteiger charge is 2.22. The summed E-state index contributed by atoms with van der Waals surface area (Å²) in [6.07, 6.45) is 3.84. The lowest BCUT2D eigenvalue weighted by Gasteiger charge is -2.31. The Balaban J connectivity index is 1.35. The zero-order valence-electron chi connectivity index (χ0n) is 16.5. The van der Waals surface area contributed by atoms with E-state index < -0.39 is 0 Å². The Bertz CT molecular complexity index is 915. The van der Waals surface area contributed by atoms with Gasteiger partial charge in [-0.15, -0.1) is 11.3 Å². The standard InChI is InChI=1S/C21H25N5O2S/c1-2-25-11-8-18(9-12-25)26-20(7-10-23-26)24-21(27)16-3-5-19(6-4-16)28-13-17-14-29-15-22-17/h3-7,10,14-15,18H,2,8-9,11-13H2,1H3,(H,24,27). The van der Waals surface area contributed by atoms with Crippen molar-refractivity contribution < 1.29 is 9.53 Å². The lowest BCUT2D eigenvalue weighted by molar-refractivity contribution is 0.102. The fraction of sp³-hybridized carbons (Fsp3) is 0.381. The monoisotopic (exact) mass is 411 g/mol. The average Bonchev–Trinajstić information content (AvgIpc) is 3.45. The van der Waals surface area contributed by atoms with Crippen LogP contribution in [0.25, 0.3) is 0 Å². The SMILES string of the molecule is CCN1CCC(n2nccc2NC(=O)c2ccc(OCc3cscn3)cc2)CC1. The molecule has 1 N–H and O–H groups in total. The van der Waals surface area contributed by atoms with Gasteiger partial charge in [0.15, 0.2) is 0 Å². The molecule has 1 amide bonds. The van der Waals surface area contributed by atoms with Gasteiger partial charge in [0.05, 0.1) is 23.4 Å². The second kappa shape index (κ2) is 9.19. The summed E-state index contributed by atoms with van der Waals surface area (Å²) in [5, 5.41) is 9.42. The van der Waals surface area contributed by atoms with Crippen LogP contribution in [0.4, 0.5) is 5.82 Å². The molecule has 3 aromatic rings. The molecule has 2 aromatic heterocycles. The van der Waals surface area contributed by atoms with E-state index in [2.05, 4.69) is 27.2 Å². The first-order chi connectivity index (χ1) is 14.2. The normalized spacial score (nSPS) is 15.3. The lowest BCUT2D eigenvalue weighted by Crippen LogP contribution is -2.35. The number of carbonyl (C=O) groups is 1. The third-order valence-electron chi connectivity index (χ3n) is 5.25. The van der Waals surface area contributed by atoms with E-state index in [0.29, 0.717) is 24.0 Å². The van der Waals surface area contributed by atoms with Gasteiger partial charge in [0.25, 0.3) is 5.91 Å². The summed E-state index contributed by atoms with van der Waals surface area (Å²) in [6.45, 7) is 5.83. The van der Waals surface area contributed by atoms with E-state index in [1.807, 2.05) is 16.1 Å². The third-order valence-corrected chi connectivity index (χ3v) is 5.88. The zero-order chi connectivity index (χ0) is 20.1. The van der Waals surface area contributed by atoms with Crippen molar-refractivity contribution in [2.75, 3.05) is 25.0 Å². The third kappa shape index (κ3) is 4.83. The summed E-state index contributed by atoms with van der Waals surface area (Å²) >= 11 is 1.54. The van der Waals surface area contributed by atoms with Gasteiger partial charge >= 0.3 is 0 Å². The highest BCUT2D eigenvalue weighted by molar-refractivity contribution is 7.07. The van der Waals surface area contributed by atoms with Crippen molar-refractivity contribution in [2.24, 2.45) is 0 Å². The maximum atomic E-state index is 12.7. The smallest absolute Gasteiger partial charge is 0.256 e. The number of likely N-dealkylation sites (tertiary alicyclic amines) is 1. The molecule has 152 valence electrons. The molecule has 0 aliphatic carbocycles. The summed E-state index contributed by atoms with van der Waals surface area (Å²) in [5.74, 6) is 1.31. The molecule has 0 saturated carbocycles. The number of ether oxygens (including phenoxy) is 1. The van der Waals surface area contributed by atoms with E-state index in [1.54, 1.807) is 47.3 Å². The van der Waals surface area contributed by atoms with Crippen LogP contribution < -0.4 is 10.1 Å². The van der Waals surface area contributed by atoms with Crippen LogP contribution in [0, 0.1) is 0 Å². The van der Waals surface area contributed by atoms with Gasteiger partial charge in [-0.2, -0.15) is 5.10 Å². The fourth-order valence-corrected chi connectivity index (χ4v) is 4.08. The Labute approximate surface area is 174 Å². The molecular formula is C21H25N5O2S. The lowest BCUT2D eigenvalue weighted by atomic mass is 10.1. The number of hydrogen-bond acceptors (Lipinski definition) is 6. The number of aromatic nitrogens is 3. The van der Waals surface area contributed by atoms with Crippen molar-refractivity contribution in [1.29, 1.82) is 0 Å². The summed E-state index contributed by atoms with van der Waals surface area (Å²) in [4.78, 5) is 19.3. The van der Waals surface area contributed by atoms with Crippen LogP contribution in [0.1, 0.15) is 41.9 Å². The van der Waals surface area contributed by atoms with Crippen LogP contribution in [0.3, 0.4) is 0 Å². The van der Waals surface area contributed by atoms with Crippen molar-refractivity contribution in [2.45, 2.75) is 32.4 Å². The maximum Gasteiger partial charge on any atom is 0.256 e. The Morgan fingerprint density at radius 3 is 2.72 bits per heavy atom. The Morgan fingerprint density at radius 2 is 2.03 bits per heavy atom. The Morgan fingerprint density at radius 1 is 1.24 bits per heavy atom. The van der Waals surface area contributed by atoms with Gasteiger partial charge in [0.2, 0.25) is 0 Å². The van der Waals surface area contributed by atoms with Crippen LogP contribution in [-0.4, -0.2) is 45.2 Å². The van der Waals surface area contributed by atoms with Gasteiger partial charge in [0, 0.05) is 30.1 Å². The predicted molar refractivity (Wildman–Crippen MR) is 113 cm³/mol. The number of benzene rings is 1. The second-order valence-corrected chi connectivity index (χ2v) is 7.79. The predicted octanol–water partition coefficient (Wildman–Crippen LogP) is 3.83. The molecule has 29 heavy (non-hydrogen) atoms. The minimum Gasteiger partial charge on any atom is -0.487 e. The first kappa shape index (κ1) is 19.6. The highest BCUT2D eigenvalue weighted by Crippen LogP contribution is 2.25. The van der Waals surface area contributed by atoms with Crippen LogP contribution in [-0.2, 0) is 6.61 Å². The van der Waals surface area contributed by atoms with Crippen LogP contribution in [0.5, 0.6) is 5.75 Å². The molecule has 3 heterocycles. The van der Waals surface area contributed by atoms with E-state index in [4.69, 9.17) is 4.74 Å². The number of piperidine rings is 1. The number of anilines is 1. The highest BCUT2D eigenvalue weighted by atomic mass is 32.1. The summed E-state index contributed by atoms with van der Waals surface area (Å²) in [6, 6.07) is 9.33. The molecule has 7 nitrogen and oxygen atoms in total. The molecule has 0 radical (unpaired) electrons. The Kier molecular flexibility index (Phi) is 6.21. The van der Waals surface area contributed by atoms with E-state index >= 15 is 0 Å². The average molecular weight is 412 g/mol. The van der Waals surface area contributed by atoms with Gasteiger partial charge in [-0.05, 0) is 43.7 Å². The Hall–Kier alpha value is -2.71. The number of carbonyl (C=O) groups excluding carboxylic acids is 1. The first-order valence-electron chi connectivity index (χ1n) is 9.90. The van der Waals surface area contributed by atoms with E-state index in [-0.39, 0.29) is 5.91 Å². The second-order valence-electron chi connectivity index (χ2n) is 7.07. The molecule has 8 heteroatoms. The summed E-state index contributed by atoms with van der Waals surface area (Å²) in [5.41, 5.74) is 3.26. The number of hydrogen-bond donors (Lipinski definition) is 1. The molecule has 0 atom stereocenters. The first-order valence-corrected chi connectivity index (χ1v) is 10.8. The van der Waals surface area contributed by atoms with Crippen molar-refractivity contribution in [3.63, 3.8) is 0 Å². The summed E-state index contributed by atoms with van der Waals surface area (Å²) in [7, 11) is 0. The van der Waals surface area contributed by atoms with Gasteiger partial charge in [-0.1, -0.05) is 6.92 Å². The topological polar surface area (TPSA) is 72.3 Å². The molecule has 0 bridgehead atoms. The molecule has 1 aliphatic heterocycles. The quantitative estimate of drug-likeness (QED) is 0.640. The van der Waals surface area contributed by atoms with Gasteiger partial charge in [0.1, 0.15) is 18.2 Å². The van der Waals surface area contributed by atoms with Crippen molar-refractivity contribution in [1.82, 2.24) is 19.7 Å². The number of nitrogens with zero attached hydrogens (tertiary/aromatic N) is 4. The molecule has 1 aromatic carbocycles. The van der Waals surface area contributed by atoms with Gasteiger partial charge < -0.3 is 15.0 Å². The van der Waals surface area contributed by atoms with Crippen molar-refractivity contribution in [3.05, 3.63) is 58.7 Å².